The maximum absolute atomic E-state index is 13.4. The van der Waals surface area contributed by atoms with E-state index in [0.717, 1.165) is 5.56 Å². The number of halogens is 1. The molecule has 0 spiro atoms. The Morgan fingerprint density at radius 2 is 1.65 bits per heavy atom. The Hall–Kier alpha value is -3.42. The molecule has 0 aliphatic carbocycles. The van der Waals surface area contributed by atoms with Gasteiger partial charge in [0.05, 0.1) is 0 Å². The van der Waals surface area contributed by atoms with Crippen LogP contribution in [0.25, 0.3) is 0 Å². The zero-order valence-corrected chi connectivity index (χ0v) is 17.5. The second-order valence-corrected chi connectivity index (χ2v) is 7.62. The van der Waals surface area contributed by atoms with E-state index < -0.39 is 35.9 Å². The summed E-state index contributed by atoms with van der Waals surface area (Å²) < 4.78 is 18.6. The van der Waals surface area contributed by atoms with Crippen LogP contribution in [-0.2, 0) is 27.4 Å². The van der Waals surface area contributed by atoms with Crippen LogP contribution in [0.5, 0.6) is 0 Å². The van der Waals surface area contributed by atoms with Crippen LogP contribution in [-0.4, -0.2) is 35.2 Å². The van der Waals surface area contributed by atoms with Gasteiger partial charge >= 0.3 is 12.1 Å². The molecule has 0 aliphatic heterocycles. The Balaban J connectivity index is 2.00. The fourth-order valence-corrected chi connectivity index (χ4v) is 2.98. The number of ether oxygens (including phenoxy) is 1. The molecule has 2 rings (SSSR count). The number of benzene rings is 2. The normalized spacial score (nSPS) is 12.6. The second kappa shape index (κ2) is 11.7. The van der Waals surface area contributed by atoms with Crippen molar-refractivity contribution in [1.82, 2.24) is 10.6 Å². The largest absolute Gasteiger partial charge is 0.480 e. The molecule has 0 aliphatic rings. The Kier molecular flexibility index (Phi) is 8.99. The van der Waals surface area contributed by atoms with Crippen LogP contribution in [0.4, 0.5) is 9.18 Å². The first kappa shape index (κ1) is 23.9. The molecule has 2 aromatic carbocycles. The standard InChI is InChI=1S/C23H27FN2O5/c1-15(2)11-19(26-23(30)31-14-16-7-4-3-5-8-16)21(27)25-20(22(28)29)13-17-9-6-10-18(24)12-17/h3-10,12,15,19-20H,11,13-14H2,1-2H3,(H,25,27)(H,26,30)(H,28,29)/t19-,20-/m0/s1. The monoisotopic (exact) mass is 430 g/mol. The van der Waals surface area contributed by atoms with Crippen molar-refractivity contribution in [3.63, 3.8) is 0 Å². The number of alkyl carbamates (subject to hydrolysis) is 1. The third kappa shape index (κ3) is 8.46. The highest BCUT2D eigenvalue weighted by Gasteiger charge is 2.28. The third-order valence-corrected chi connectivity index (χ3v) is 4.47. The molecule has 0 saturated carbocycles. The minimum atomic E-state index is -1.27. The van der Waals surface area contributed by atoms with Gasteiger partial charge in [-0.3, -0.25) is 4.79 Å². The molecular formula is C23H27FN2O5. The van der Waals surface area contributed by atoms with Crippen LogP contribution in [0.3, 0.4) is 0 Å². The summed E-state index contributed by atoms with van der Waals surface area (Å²) in [5.41, 5.74) is 1.23. The van der Waals surface area contributed by atoms with Crippen LogP contribution < -0.4 is 10.6 Å². The number of carboxylic acids is 1. The number of aliphatic carboxylic acids is 1. The van der Waals surface area contributed by atoms with Crippen molar-refractivity contribution in [3.05, 3.63) is 71.5 Å². The number of carboxylic acid groups (broad SMARTS) is 1. The molecule has 0 heterocycles. The van der Waals surface area contributed by atoms with Crippen molar-refractivity contribution in [2.45, 2.75) is 45.4 Å². The van der Waals surface area contributed by atoms with Crippen molar-refractivity contribution in [2.24, 2.45) is 5.92 Å². The van der Waals surface area contributed by atoms with Gasteiger partial charge in [0.15, 0.2) is 0 Å². The van der Waals surface area contributed by atoms with Gasteiger partial charge in [-0.1, -0.05) is 56.3 Å². The Morgan fingerprint density at radius 1 is 0.968 bits per heavy atom. The number of hydrogen-bond donors (Lipinski definition) is 3. The lowest BCUT2D eigenvalue weighted by molar-refractivity contribution is -0.142. The zero-order chi connectivity index (χ0) is 22.8. The molecule has 2 atom stereocenters. The minimum Gasteiger partial charge on any atom is -0.480 e. The van der Waals surface area contributed by atoms with Gasteiger partial charge in [0.2, 0.25) is 5.91 Å². The number of rotatable bonds is 10. The van der Waals surface area contributed by atoms with Crippen molar-refractivity contribution in [3.8, 4) is 0 Å². The maximum atomic E-state index is 13.4. The highest BCUT2D eigenvalue weighted by atomic mass is 19.1. The van der Waals surface area contributed by atoms with Crippen molar-refractivity contribution in [1.29, 1.82) is 0 Å². The molecule has 0 aromatic heterocycles. The maximum Gasteiger partial charge on any atom is 0.408 e. The van der Waals surface area contributed by atoms with Gasteiger partial charge in [-0.15, -0.1) is 0 Å². The molecule has 166 valence electrons. The molecule has 0 fully saturated rings. The summed E-state index contributed by atoms with van der Waals surface area (Å²) in [5, 5.41) is 14.4. The molecular weight excluding hydrogens is 403 g/mol. The van der Waals surface area contributed by atoms with Gasteiger partial charge in [-0.25, -0.2) is 14.0 Å². The topological polar surface area (TPSA) is 105 Å². The van der Waals surface area contributed by atoms with Gasteiger partial charge in [-0.2, -0.15) is 0 Å². The summed E-state index contributed by atoms with van der Waals surface area (Å²) in [5.74, 6) is -2.34. The van der Waals surface area contributed by atoms with E-state index in [1.54, 1.807) is 18.2 Å². The molecule has 0 saturated heterocycles. The van der Waals surface area contributed by atoms with E-state index in [0.29, 0.717) is 12.0 Å². The first-order chi connectivity index (χ1) is 14.7. The van der Waals surface area contributed by atoms with E-state index in [2.05, 4.69) is 10.6 Å². The highest BCUT2D eigenvalue weighted by Crippen LogP contribution is 2.10. The number of carbonyl (C=O) groups excluding carboxylic acids is 2. The van der Waals surface area contributed by atoms with Gasteiger partial charge in [0.1, 0.15) is 24.5 Å². The summed E-state index contributed by atoms with van der Waals surface area (Å²) in [6.07, 6.45) is -0.578. The van der Waals surface area contributed by atoms with E-state index in [-0.39, 0.29) is 18.9 Å². The van der Waals surface area contributed by atoms with E-state index in [1.807, 2.05) is 32.0 Å². The van der Waals surface area contributed by atoms with E-state index in [1.165, 1.54) is 18.2 Å². The highest BCUT2D eigenvalue weighted by molar-refractivity contribution is 5.89. The molecule has 7 nitrogen and oxygen atoms in total. The van der Waals surface area contributed by atoms with Gasteiger partial charge in [0, 0.05) is 6.42 Å². The van der Waals surface area contributed by atoms with Crippen LogP contribution in [0.2, 0.25) is 0 Å². The molecule has 0 radical (unpaired) electrons. The predicted molar refractivity (Wildman–Crippen MR) is 113 cm³/mol. The number of hydrogen-bond acceptors (Lipinski definition) is 4. The quantitative estimate of drug-likeness (QED) is 0.537. The van der Waals surface area contributed by atoms with Crippen LogP contribution in [0.15, 0.2) is 54.6 Å². The minimum absolute atomic E-state index is 0.0417. The molecule has 0 bridgehead atoms. The SMILES string of the molecule is CC(C)C[C@H](NC(=O)OCc1ccccc1)C(=O)N[C@@H](Cc1cccc(F)c1)C(=O)O. The van der Waals surface area contributed by atoms with Crippen LogP contribution in [0, 0.1) is 11.7 Å². The molecule has 8 heteroatoms. The summed E-state index contributed by atoms with van der Waals surface area (Å²) in [6.45, 7) is 3.79. The predicted octanol–water partition coefficient (Wildman–Crippen LogP) is 3.28. The number of carbonyl (C=O) groups is 3. The molecule has 0 unspecified atom stereocenters. The van der Waals surface area contributed by atoms with Crippen LogP contribution >= 0.6 is 0 Å². The fraction of sp³-hybridized carbons (Fsp3) is 0.348. The average Bonchev–Trinajstić information content (AvgIpc) is 2.71. The van der Waals surface area contributed by atoms with Crippen molar-refractivity contribution >= 4 is 18.0 Å². The summed E-state index contributed by atoms with van der Waals surface area (Å²) in [7, 11) is 0. The number of nitrogens with one attached hydrogen (secondary N) is 2. The lowest BCUT2D eigenvalue weighted by Gasteiger charge is -2.22. The van der Waals surface area contributed by atoms with Gasteiger partial charge in [-0.05, 0) is 35.6 Å². The third-order valence-electron chi connectivity index (χ3n) is 4.47. The van der Waals surface area contributed by atoms with Gasteiger partial charge in [0.25, 0.3) is 0 Å². The Morgan fingerprint density at radius 3 is 2.26 bits per heavy atom. The van der Waals surface area contributed by atoms with E-state index >= 15 is 0 Å². The lowest BCUT2D eigenvalue weighted by Crippen LogP contribution is -2.52. The lowest BCUT2D eigenvalue weighted by atomic mass is 10.0. The fourth-order valence-electron chi connectivity index (χ4n) is 2.98. The average molecular weight is 430 g/mol. The van der Waals surface area contributed by atoms with Crippen molar-refractivity contribution in [2.75, 3.05) is 0 Å². The smallest absolute Gasteiger partial charge is 0.408 e. The first-order valence-corrected chi connectivity index (χ1v) is 9.99. The van der Waals surface area contributed by atoms with Crippen LogP contribution in [0.1, 0.15) is 31.4 Å². The molecule has 2 amide bonds. The Bertz CT molecular complexity index is 889. The second-order valence-electron chi connectivity index (χ2n) is 7.62. The summed E-state index contributed by atoms with van der Waals surface area (Å²) >= 11 is 0. The first-order valence-electron chi connectivity index (χ1n) is 9.99. The summed E-state index contributed by atoms with van der Waals surface area (Å²) in [4.78, 5) is 36.6. The van der Waals surface area contributed by atoms with E-state index in [9.17, 15) is 23.9 Å². The molecule has 3 N–H and O–H groups in total. The van der Waals surface area contributed by atoms with Crippen molar-refractivity contribution < 1.29 is 28.6 Å². The van der Waals surface area contributed by atoms with Gasteiger partial charge < -0.3 is 20.5 Å². The molecule has 31 heavy (non-hydrogen) atoms. The zero-order valence-electron chi connectivity index (χ0n) is 17.5. The number of amides is 2. The van der Waals surface area contributed by atoms with E-state index in [4.69, 9.17) is 4.74 Å². The molecule has 2 aromatic rings. The summed E-state index contributed by atoms with van der Waals surface area (Å²) in [6, 6.07) is 12.3. The Labute approximate surface area is 180 Å².